The monoisotopic (exact) mass is 373 g/mol. The maximum Gasteiger partial charge on any atom is 0.255 e. The summed E-state index contributed by atoms with van der Waals surface area (Å²) in [7, 11) is 1.56. The molecule has 0 spiro atoms. The van der Waals surface area contributed by atoms with Gasteiger partial charge in [-0.2, -0.15) is 0 Å². The quantitative estimate of drug-likeness (QED) is 0.736. The molecule has 1 aliphatic heterocycles. The van der Waals surface area contributed by atoms with Crippen molar-refractivity contribution in [2.75, 3.05) is 19.0 Å². The van der Waals surface area contributed by atoms with Crippen molar-refractivity contribution in [2.45, 2.75) is 5.92 Å². The average Bonchev–Trinajstić information content (AvgIpc) is 3.18. The van der Waals surface area contributed by atoms with Crippen LogP contribution in [-0.4, -0.2) is 30.5 Å². The molecule has 3 aromatic rings. The fourth-order valence-corrected chi connectivity index (χ4v) is 3.36. The molecule has 2 heterocycles. The first-order chi connectivity index (χ1) is 13.7. The summed E-state index contributed by atoms with van der Waals surface area (Å²) in [6.07, 6.45) is 3.21. The predicted octanol–water partition coefficient (Wildman–Crippen LogP) is 3.22. The van der Waals surface area contributed by atoms with Crippen LogP contribution >= 0.6 is 0 Å². The number of nitrogens with zero attached hydrogens (tertiary/aromatic N) is 1. The van der Waals surface area contributed by atoms with Gasteiger partial charge in [-0.25, -0.2) is 0 Å². The van der Waals surface area contributed by atoms with Gasteiger partial charge in [0.25, 0.3) is 11.8 Å². The number of carbonyl (C=O) groups is 2. The number of fused-ring (bicyclic) bond motifs is 1. The van der Waals surface area contributed by atoms with Gasteiger partial charge in [-0.05, 0) is 29.8 Å². The topological polar surface area (TPSA) is 80.3 Å². The third-order valence-electron chi connectivity index (χ3n) is 4.74. The number of hydrogen-bond acceptors (Lipinski definition) is 4. The summed E-state index contributed by atoms with van der Waals surface area (Å²) in [5.74, 6) is -0.0995. The molecule has 2 aromatic carbocycles. The number of pyridine rings is 1. The number of aromatic nitrogens is 1. The summed E-state index contributed by atoms with van der Waals surface area (Å²) in [5, 5.41) is 5.43. The second-order valence-corrected chi connectivity index (χ2v) is 6.49. The molecule has 2 amide bonds. The molecule has 0 saturated carbocycles. The van der Waals surface area contributed by atoms with E-state index in [1.54, 1.807) is 43.7 Å². The molecule has 0 saturated heterocycles. The Kier molecular flexibility index (Phi) is 4.76. The van der Waals surface area contributed by atoms with Gasteiger partial charge in [-0.3, -0.25) is 14.6 Å². The highest BCUT2D eigenvalue weighted by atomic mass is 16.5. The van der Waals surface area contributed by atoms with Crippen LogP contribution < -0.4 is 15.4 Å². The highest BCUT2D eigenvalue weighted by molar-refractivity contribution is 6.07. The van der Waals surface area contributed by atoms with E-state index in [1.807, 2.05) is 30.3 Å². The van der Waals surface area contributed by atoms with Crippen LogP contribution in [0.2, 0.25) is 0 Å². The van der Waals surface area contributed by atoms with Crippen molar-refractivity contribution in [3.05, 3.63) is 89.2 Å². The van der Waals surface area contributed by atoms with Crippen molar-refractivity contribution in [3.63, 3.8) is 0 Å². The lowest BCUT2D eigenvalue weighted by molar-refractivity contribution is 0.0960. The standard InChI is InChI=1S/C22H19N3O3/c1-23-22(27)18-11-15(21(26)25-16-8-5-9-24-12-16)10-17-19(13-28-20(17)18)14-6-3-2-4-7-14/h2-12,19H,13H2,1H3,(H,23,27)(H,25,26). The minimum Gasteiger partial charge on any atom is -0.491 e. The Hall–Kier alpha value is -3.67. The SMILES string of the molecule is CNC(=O)c1cc(C(=O)Nc2cccnc2)cc2c1OCC2c1ccccc1. The van der Waals surface area contributed by atoms with Crippen molar-refractivity contribution in [2.24, 2.45) is 0 Å². The largest absolute Gasteiger partial charge is 0.491 e. The number of nitrogens with one attached hydrogen (secondary N) is 2. The van der Waals surface area contributed by atoms with E-state index in [-0.39, 0.29) is 17.7 Å². The molecule has 4 rings (SSSR count). The van der Waals surface area contributed by atoms with Gasteiger partial charge in [0.15, 0.2) is 0 Å². The minimum absolute atomic E-state index is 0.0363. The molecule has 0 aliphatic carbocycles. The maximum atomic E-state index is 12.8. The van der Waals surface area contributed by atoms with Crippen LogP contribution in [0.5, 0.6) is 5.75 Å². The van der Waals surface area contributed by atoms with Gasteiger partial charge in [-0.1, -0.05) is 30.3 Å². The Balaban J connectivity index is 1.76. The van der Waals surface area contributed by atoms with E-state index in [2.05, 4.69) is 15.6 Å². The van der Waals surface area contributed by atoms with Gasteiger partial charge in [0.2, 0.25) is 0 Å². The van der Waals surface area contributed by atoms with Crippen LogP contribution in [0.25, 0.3) is 0 Å². The molecule has 0 bridgehead atoms. The fourth-order valence-electron chi connectivity index (χ4n) is 3.36. The van der Waals surface area contributed by atoms with Crippen LogP contribution in [0.15, 0.2) is 67.0 Å². The Morgan fingerprint density at radius 1 is 1.07 bits per heavy atom. The Labute approximate surface area is 162 Å². The molecule has 6 heteroatoms. The molecule has 0 radical (unpaired) electrons. The lowest BCUT2D eigenvalue weighted by Gasteiger charge is -2.13. The first kappa shape index (κ1) is 17.7. The van der Waals surface area contributed by atoms with Crippen molar-refractivity contribution >= 4 is 17.5 Å². The average molecular weight is 373 g/mol. The molecule has 1 atom stereocenters. The summed E-state index contributed by atoms with van der Waals surface area (Å²) >= 11 is 0. The molecular formula is C22H19N3O3. The second kappa shape index (κ2) is 7.52. The normalized spacial score (nSPS) is 14.7. The summed E-state index contributed by atoms with van der Waals surface area (Å²) in [5.41, 5.74) is 3.25. The third kappa shape index (κ3) is 3.32. The number of benzene rings is 2. The molecule has 140 valence electrons. The molecule has 2 N–H and O–H groups in total. The summed E-state index contributed by atoms with van der Waals surface area (Å²) < 4.78 is 5.87. The van der Waals surface area contributed by atoms with Gasteiger partial charge < -0.3 is 15.4 Å². The maximum absolute atomic E-state index is 12.8. The molecule has 0 fully saturated rings. The van der Waals surface area contributed by atoms with E-state index in [1.165, 1.54) is 0 Å². The van der Waals surface area contributed by atoms with Gasteiger partial charge in [-0.15, -0.1) is 0 Å². The molecule has 6 nitrogen and oxygen atoms in total. The number of rotatable bonds is 4. The fraction of sp³-hybridized carbons (Fsp3) is 0.136. The van der Waals surface area contributed by atoms with Gasteiger partial charge >= 0.3 is 0 Å². The Morgan fingerprint density at radius 2 is 1.89 bits per heavy atom. The lowest BCUT2D eigenvalue weighted by Crippen LogP contribution is -2.20. The van der Waals surface area contributed by atoms with Gasteiger partial charge in [0, 0.05) is 30.3 Å². The van der Waals surface area contributed by atoms with E-state index in [0.717, 1.165) is 11.1 Å². The molecule has 1 aliphatic rings. The number of anilines is 1. The summed E-state index contributed by atoms with van der Waals surface area (Å²) in [6, 6.07) is 16.8. The predicted molar refractivity (Wildman–Crippen MR) is 106 cm³/mol. The number of hydrogen-bond donors (Lipinski definition) is 2. The molecule has 1 unspecified atom stereocenters. The van der Waals surface area contributed by atoms with Crippen LogP contribution in [-0.2, 0) is 0 Å². The van der Waals surface area contributed by atoms with Crippen molar-refractivity contribution in [1.82, 2.24) is 10.3 Å². The molecule has 1 aromatic heterocycles. The van der Waals surface area contributed by atoms with E-state index in [4.69, 9.17) is 4.74 Å². The van der Waals surface area contributed by atoms with E-state index >= 15 is 0 Å². The zero-order valence-electron chi connectivity index (χ0n) is 15.3. The zero-order chi connectivity index (χ0) is 19.5. The first-order valence-electron chi connectivity index (χ1n) is 8.96. The summed E-state index contributed by atoms with van der Waals surface area (Å²) in [6.45, 7) is 0.428. The van der Waals surface area contributed by atoms with E-state index in [0.29, 0.717) is 29.2 Å². The Morgan fingerprint density at radius 3 is 2.61 bits per heavy atom. The summed E-state index contributed by atoms with van der Waals surface area (Å²) in [4.78, 5) is 29.2. The number of carbonyl (C=O) groups excluding carboxylic acids is 2. The first-order valence-corrected chi connectivity index (χ1v) is 8.96. The third-order valence-corrected chi connectivity index (χ3v) is 4.74. The second-order valence-electron chi connectivity index (χ2n) is 6.49. The van der Waals surface area contributed by atoms with Gasteiger partial charge in [0.1, 0.15) is 5.75 Å². The minimum atomic E-state index is -0.306. The smallest absolute Gasteiger partial charge is 0.255 e. The number of amides is 2. The van der Waals surface area contributed by atoms with E-state index in [9.17, 15) is 9.59 Å². The van der Waals surface area contributed by atoms with Crippen molar-refractivity contribution in [3.8, 4) is 5.75 Å². The van der Waals surface area contributed by atoms with Crippen LogP contribution in [0, 0.1) is 0 Å². The highest BCUT2D eigenvalue weighted by Gasteiger charge is 2.31. The van der Waals surface area contributed by atoms with Crippen LogP contribution in [0.4, 0.5) is 5.69 Å². The Bertz CT molecular complexity index is 1020. The zero-order valence-corrected chi connectivity index (χ0v) is 15.3. The van der Waals surface area contributed by atoms with Crippen LogP contribution in [0.1, 0.15) is 37.8 Å². The number of ether oxygens (including phenoxy) is 1. The van der Waals surface area contributed by atoms with Crippen LogP contribution in [0.3, 0.4) is 0 Å². The van der Waals surface area contributed by atoms with Gasteiger partial charge in [0.05, 0.1) is 24.1 Å². The van der Waals surface area contributed by atoms with E-state index < -0.39 is 0 Å². The highest BCUT2D eigenvalue weighted by Crippen LogP contribution is 2.41. The van der Waals surface area contributed by atoms with Crippen molar-refractivity contribution in [1.29, 1.82) is 0 Å². The van der Waals surface area contributed by atoms with Crippen molar-refractivity contribution < 1.29 is 14.3 Å². The molecular weight excluding hydrogens is 354 g/mol. The lowest BCUT2D eigenvalue weighted by atomic mass is 9.90. The molecule has 28 heavy (non-hydrogen) atoms.